The third kappa shape index (κ3) is 10.0. The number of carbonyl (C=O) groups excluding carboxylic acids is 6. The summed E-state index contributed by atoms with van der Waals surface area (Å²) in [6.07, 6.45) is -6.21. The van der Waals surface area contributed by atoms with Crippen LogP contribution >= 0.6 is 22.6 Å². The highest BCUT2D eigenvalue weighted by Gasteiger charge is 2.59. The van der Waals surface area contributed by atoms with E-state index in [1.54, 1.807) is 0 Å². The number of rotatable bonds is 12. The summed E-state index contributed by atoms with van der Waals surface area (Å²) in [7, 11) is 1.09. The van der Waals surface area contributed by atoms with Crippen LogP contribution in [0.1, 0.15) is 41.0 Å². The molecule has 0 spiro atoms. The monoisotopic (exact) mass is 645 g/mol. The molecule has 0 radical (unpaired) electrons. The summed E-state index contributed by atoms with van der Waals surface area (Å²) in [6, 6.07) is -1.23. The van der Waals surface area contributed by atoms with Gasteiger partial charge in [0.1, 0.15) is 18.8 Å². The Bertz CT molecular complexity index is 866. The van der Waals surface area contributed by atoms with Crippen molar-refractivity contribution in [1.82, 2.24) is 5.32 Å². The van der Waals surface area contributed by atoms with Crippen molar-refractivity contribution in [2.75, 3.05) is 24.8 Å². The van der Waals surface area contributed by atoms with E-state index in [0.717, 1.165) is 34.8 Å². The predicted octanol–water partition coefficient (Wildman–Crippen LogP) is -0.0409. The molecule has 1 saturated heterocycles. The van der Waals surface area contributed by atoms with Crippen molar-refractivity contribution in [2.45, 2.75) is 77.3 Å². The molecule has 15 heteroatoms. The van der Waals surface area contributed by atoms with Crippen molar-refractivity contribution < 1.29 is 61.9 Å². The van der Waals surface area contributed by atoms with Crippen molar-refractivity contribution in [3.63, 3.8) is 0 Å². The highest BCUT2D eigenvalue weighted by atomic mass is 127. The fourth-order valence-electron chi connectivity index (χ4n) is 3.75. The van der Waals surface area contributed by atoms with Crippen molar-refractivity contribution in [2.24, 2.45) is 0 Å². The van der Waals surface area contributed by atoms with Gasteiger partial charge < -0.3 is 38.5 Å². The number of esters is 5. The molecule has 1 N–H and O–H groups in total. The molecule has 14 nitrogen and oxygen atoms in total. The van der Waals surface area contributed by atoms with Crippen molar-refractivity contribution >= 4 is 58.3 Å². The van der Waals surface area contributed by atoms with E-state index in [1.807, 2.05) is 22.6 Å². The van der Waals surface area contributed by atoms with E-state index in [4.69, 9.17) is 33.2 Å². The molecule has 0 aromatic rings. The Balaban J connectivity index is 3.78. The molecule has 1 aliphatic heterocycles. The largest absolute Gasteiger partial charge is 0.465 e. The Morgan fingerprint density at radius 1 is 0.973 bits per heavy atom. The molecule has 1 rings (SSSR count). The molecular formula is C22H32INO13. The van der Waals surface area contributed by atoms with Crippen LogP contribution in [0.5, 0.6) is 0 Å². The van der Waals surface area contributed by atoms with E-state index in [9.17, 15) is 28.8 Å². The molecule has 0 aromatic heterocycles. The maximum absolute atomic E-state index is 12.9. The van der Waals surface area contributed by atoms with Crippen LogP contribution in [0, 0.1) is 0 Å². The Hall–Kier alpha value is -2.53. The number of hydrogen-bond acceptors (Lipinski definition) is 13. The lowest BCUT2D eigenvalue weighted by Gasteiger charge is -2.48. The van der Waals surface area contributed by atoms with Crippen LogP contribution in [-0.4, -0.2) is 96.7 Å². The lowest BCUT2D eigenvalue weighted by molar-refractivity contribution is -0.312. The normalized spacial score (nSPS) is 24.6. The lowest BCUT2D eigenvalue weighted by Crippen LogP contribution is -2.69. The first-order valence-electron chi connectivity index (χ1n) is 11.1. The lowest BCUT2D eigenvalue weighted by atomic mass is 9.88. The molecule has 0 aromatic carbocycles. The SMILES string of the molecule is COC(=O)[C@@]1(OCCI)C[C@H](OC(C)=O)[C@@H](NC(C)=O)[C@H]([C@H](OC(C)=O)[C@@H](COC(C)=O)OC(C)=O)O1. The van der Waals surface area contributed by atoms with Gasteiger partial charge in [-0.2, -0.15) is 0 Å². The molecule has 0 bridgehead atoms. The third-order valence-corrected chi connectivity index (χ3v) is 5.35. The summed E-state index contributed by atoms with van der Waals surface area (Å²) in [5, 5.41) is 2.58. The topological polar surface area (TPSA) is 179 Å². The number of hydrogen-bond donors (Lipinski definition) is 1. The Morgan fingerprint density at radius 3 is 2.05 bits per heavy atom. The highest BCUT2D eigenvalue weighted by Crippen LogP contribution is 2.37. The second-order valence-electron chi connectivity index (χ2n) is 7.97. The minimum absolute atomic E-state index is 0.000963. The summed E-state index contributed by atoms with van der Waals surface area (Å²) in [5.74, 6) is -6.91. The van der Waals surface area contributed by atoms with Crippen LogP contribution < -0.4 is 5.32 Å². The van der Waals surface area contributed by atoms with Crippen molar-refractivity contribution in [3.05, 3.63) is 0 Å². The smallest absolute Gasteiger partial charge is 0.366 e. The van der Waals surface area contributed by atoms with Gasteiger partial charge in [0.15, 0.2) is 12.2 Å². The number of methoxy groups -OCH3 is 1. The van der Waals surface area contributed by atoms with Gasteiger partial charge in [-0.3, -0.25) is 24.0 Å². The molecule has 0 unspecified atom stereocenters. The molecule has 37 heavy (non-hydrogen) atoms. The van der Waals surface area contributed by atoms with Crippen molar-refractivity contribution in [3.8, 4) is 0 Å². The number of alkyl halides is 1. The quantitative estimate of drug-likeness (QED) is 0.130. The van der Waals surface area contributed by atoms with E-state index in [-0.39, 0.29) is 6.61 Å². The zero-order valence-corrected chi connectivity index (χ0v) is 23.6. The standard InChI is InChI=1S/C22H32INO13/c1-11(25)24-18-16(34-13(3)27)9-22(21(30)31-6,33-8-7-23)37-20(18)19(36-15(5)29)17(35-14(4)28)10-32-12(2)26/h16-20H,7-10H2,1-6H3,(H,24,25)/t16-,17+,18+,19+,20+,22+/m0/s1. The average molecular weight is 645 g/mol. The number of carbonyl (C=O) groups is 6. The maximum atomic E-state index is 12.9. The van der Waals surface area contributed by atoms with Crippen LogP contribution in [0.4, 0.5) is 0 Å². The number of nitrogens with one attached hydrogen (secondary N) is 1. The van der Waals surface area contributed by atoms with Crippen LogP contribution in [0.25, 0.3) is 0 Å². The average Bonchev–Trinajstić information content (AvgIpc) is 2.78. The predicted molar refractivity (Wildman–Crippen MR) is 130 cm³/mol. The van der Waals surface area contributed by atoms with Crippen LogP contribution in [0.2, 0.25) is 0 Å². The summed E-state index contributed by atoms with van der Waals surface area (Å²) in [4.78, 5) is 72.5. The van der Waals surface area contributed by atoms with Gasteiger partial charge in [0.25, 0.3) is 5.79 Å². The van der Waals surface area contributed by atoms with Gasteiger partial charge in [-0.15, -0.1) is 0 Å². The van der Waals surface area contributed by atoms with Gasteiger partial charge in [-0.25, -0.2) is 4.79 Å². The number of halogens is 1. The summed E-state index contributed by atoms with van der Waals surface area (Å²) in [5.41, 5.74) is 0. The number of ether oxygens (including phenoxy) is 7. The van der Waals surface area contributed by atoms with Crippen molar-refractivity contribution in [1.29, 1.82) is 0 Å². The Kier molecular flexibility index (Phi) is 13.2. The van der Waals surface area contributed by atoms with Crippen LogP contribution in [0.3, 0.4) is 0 Å². The first-order chi connectivity index (χ1) is 17.3. The summed E-state index contributed by atoms with van der Waals surface area (Å²) >= 11 is 2.00. The second-order valence-corrected chi connectivity index (χ2v) is 9.05. The van der Waals surface area contributed by atoms with Gasteiger partial charge in [-0.1, -0.05) is 22.6 Å². The minimum atomic E-state index is -2.17. The van der Waals surface area contributed by atoms with Gasteiger partial charge in [0, 0.05) is 39.0 Å². The molecule has 1 fully saturated rings. The zero-order chi connectivity index (χ0) is 28.3. The van der Waals surface area contributed by atoms with Gasteiger partial charge in [0.2, 0.25) is 5.91 Å². The van der Waals surface area contributed by atoms with Gasteiger partial charge >= 0.3 is 29.8 Å². The third-order valence-electron chi connectivity index (χ3n) is 4.91. The molecule has 0 saturated carbocycles. The molecule has 210 valence electrons. The van der Waals surface area contributed by atoms with Crippen LogP contribution in [0.15, 0.2) is 0 Å². The first kappa shape index (κ1) is 32.5. The number of amides is 1. The van der Waals surface area contributed by atoms with Gasteiger partial charge in [-0.05, 0) is 0 Å². The molecule has 1 heterocycles. The molecule has 1 aliphatic rings. The fraction of sp³-hybridized carbons (Fsp3) is 0.727. The Morgan fingerprint density at radius 2 is 1.59 bits per heavy atom. The zero-order valence-electron chi connectivity index (χ0n) is 21.4. The second kappa shape index (κ2) is 15.0. The molecular weight excluding hydrogens is 613 g/mol. The van der Waals surface area contributed by atoms with E-state index in [2.05, 4.69) is 5.32 Å². The molecule has 0 aliphatic carbocycles. The minimum Gasteiger partial charge on any atom is -0.465 e. The van der Waals surface area contributed by atoms with Gasteiger partial charge in [0.05, 0.1) is 26.2 Å². The Labute approximate surface area is 227 Å². The summed E-state index contributed by atoms with van der Waals surface area (Å²) in [6.45, 7) is 4.97. The van der Waals surface area contributed by atoms with E-state index in [1.165, 1.54) is 6.92 Å². The fourth-order valence-corrected chi connectivity index (χ4v) is 3.97. The van der Waals surface area contributed by atoms with E-state index >= 15 is 0 Å². The van der Waals surface area contributed by atoms with E-state index in [0.29, 0.717) is 4.43 Å². The van der Waals surface area contributed by atoms with Crippen LogP contribution in [-0.2, 0) is 61.9 Å². The molecule has 1 amide bonds. The molecule has 6 atom stereocenters. The maximum Gasteiger partial charge on any atom is 0.366 e. The van der Waals surface area contributed by atoms with E-state index < -0.39 is 85.0 Å². The highest BCUT2D eigenvalue weighted by molar-refractivity contribution is 14.1. The summed E-state index contributed by atoms with van der Waals surface area (Å²) < 4.78 is 38.2. The first-order valence-corrected chi connectivity index (χ1v) is 12.7.